The highest BCUT2D eigenvalue weighted by Gasteiger charge is 2.31. The smallest absolute Gasteiger partial charge is 0.331 e. The highest BCUT2D eigenvalue weighted by molar-refractivity contribution is 5.86. The van der Waals surface area contributed by atoms with E-state index >= 15 is 0 Å². The number of benzene rings is 2. The number of nitrogens with one attached hydrogen (secondary N) is 1. The first-order valence-corrected chi connectivity index (χ1v) is 10.1. The average molecular weight is 414 g/mol. The van der Waals surface area contributed by atoms with Gasteiger partial charge in [0.05, 0.1) is 6.61 Å². The maximum absolute atomic E-state index is 12.5. The molecule has 2 rings (SSSR count). The summed E-state index contributed by atoms with van der Waals surface area (Å²) in [5, 5.41) is 13.2. The molecule has 2 atom stereocenters. The van der Waals surface area contributed by atoms with Crippen LogP contribution in [-0.4, -0.2) is 36.2 Å². The van der Waals surface area contributed by atoms with E-state index in [-0.39, 0.29) is 18.6 Å². The van der Waals surface area contributed by atoms with Gasteiger partial charge in [-0.2, -0.15) is 0 Å². The third-order valence-electron chi connectivity index (χ3n) is 4.62. The Hall–Kier alpha value is -2.86. The van der Waals surface area contributed by atoms with Crippen LogP contribution in [0.3, 0.4) is 0 Å². The molecular weight excluding hydrogens is 382 g/mol. The molecule has 0 aliphatic heterocycles. The normalized spacial score (nSPS) is 13.3. The largest absolute Gasteiger partial charge is 0.483 e. The van der Waals surface area contributed by atoms with Crippen molar-refractivity contribution in [3.8, 4) is 5.75 Å². The van der Waals surface area contributed by atoms with Gasteiger partial charge in [-0.05, 0) is 36.5 Å². The van der Waals surface area contributed by atoms with Crippen LogP contribution in [0.5, 0.6) is 5.75 Å². The standard InChI is InChI=1S/C24H31NO5/c1-6-29-23(28)21(22(27)17-10-8-7-9-11-17)25-20(26)15-30-19-13-12-16(2)14-18(19)24(3,4)5/h7-14,21-22,27H,6,15H2,1-5H3,(H,25,26). The number of carbonyl (C=O) groups is 2. The number of aryl methyl sites for hydroxylation is 1. The van der Waals surface area contributed by atoms with Crippen molar-refractivity contribution in [3.63, 3.8) is 0 Å². The lowest BCUT2D eigenvalue weighted by Crippen LogP contribution is -2.47. The van der Waals surface area contributed by atoms with E-state index in [4.69, 9.17) is 9.47 Å². The quantitative estimate of drug-likeness (QED) is 0.648. The topological polar surface area (TPSA) is 84.9 Å². The van der Waals surface area contributed by atoms with Crippen molar-refractivity contribution >= 4 is 11.9 Å². The molecule has 6 heteroatoms. The Morgan fingerprint density at radius 3 is 2.37 bits per heavy atom. The fraction of sp³-hybridized carbons (Fsp3) is 0.417. The summed E-state index contributed by atoms with van der Waals surface area (Å²) in [6, 6.07) is 13.2. The predicted molar refractivity (Wildman–Crippen MR) is 115 cm³/mol. The van der Waals surface area contributed by atoms with Gasteiger partial charge in [-0.1, -0.05) is 68.8 Å². The molecule has 0 radical (unpaired) electrons. The van der Waals surface area contributed by atoms with E-state index in [1.165, 1.54) is 0 Å². The van der Waals surface area contributed by atoms with Crippen molar-refractivity contribution in [1.29, 1.82) is 0 Å². The minimum Gasteiger partial charge on any atom is -0.483 e. The SMILES string of the molecule is CCOC(=O)C(NC(=O)COc1ccc(C)cc1C(C)(C)C)C(O)c1ccccc1. The Morgan fingerprint density at radius 1 is 1.10 bits per heavy atom. The van der Waals surface area contributed by atoms with Gasteiger partial charge in [-0.25, -0.2) is 4.79 Å². The van der Waals surface area contributed by atoms with Crippen LogP contribution < -0.4 is 10.1 Å². The summed E-state index contributed by atoms with van der Waals surface area (Å²) < 4.78 is 10.8. The van der Waals surface area contributed by atoms with Gasteiger partial charge in [-0.3, -0.25) is 4.79 Å². The molecule has 0 spiro atoms. The summed E-state index contributed by atoms with van der Waals surface area (Å²) in [4.78, 5) is 24.9. The number of aliphatic hydroxyl groups is 1. The molecule has 0 bridgehead atoms. The zero-order valence-corrected chi connectivity index (χ0v) is 18.3. The molecule has 1 amide bonds. The van der Waals surface area contributed by atoms with Gasteiger partial charge in [0, 0.05) is 0 Å². The van der Waals surface area contributed by atoms with Gasteiger partial charge in [0.2, 0.25) is 0 Å². The second-order valence-electron chi connectivity index (χ2n) is 8.19. The average Bonchev–Trinajstić information content (AvgIpc) is 2.70. The monoisotopic (exact) mass is 413 g/mol. The van der Waals surface area contributed by atoms with Crippen LogP contribution >= 0.6 is 0 Å². The molecule has 0 fully saturated rings. The van der Waals surface area contributed by atoms with Crippen LogP contribution in [0.2, 0.25) is 0 Å². The second kappa shape index (κ2) is 10.3. The number of hydrogen-bond acceptors (Lipinski definition) is 5. The molecule has 2 aromatic carbocycles. The maximum atomic E-state index is 12.5. The number of amides is 1. The molecule has 0 aromatic heterocycles. The van der Waals surface area contributed by atoms with Crippen molar-refractivity contribution in [1.82, 2.24) is 5.32 Å². The van der Waals surface area contributed by atoms with Crippen molar-refractivity contribution < 1.29 is 24.2 Å². The lowest BCUT2D eigenvalue weighted by atomic mass is 9.85. The van der Waals surface area contributed by atoms with Gasteiger partial charge in [-0.15, -0.1) is 0 Å². The zero-order valence-electron chi connectivity index (χ0n) is 18.3. The Kier molecular flexibility index (Phi) is 8.00. The van der Waals surface area contributed by atoms with Crippen LogP contribution in [0.1, 0.15) is 50.5 Å². The number of carbonyl (C=O) groups excluding carboxylic acids is 2. The molecule has 30 heavy (non-hydrogen) atoms. The van der Waals surface area contributed by atoms with Crippen LogP contribution in [0.4, 0.5) is 0 Å². The predicted octanol–water partition coefficient (Wildman–Crippen LogP) is 3.45. The molecule has 6 nitrogen and oxygen atoms in total. The van der Waals surface area contributed by atoms with Crippen LogP contribution in [-0.2, 0) is 19.7 Å². The first kappa shape index (κ1) is 23.4. The van der Waals surface area contributed by atoms with E-state index in [1.807, 2.05) is 25.1 Å². The number of aliphatic hydroxyl groups excluding tert-OH is 1. The van der Waals surface area contributed by atoms with Gasteiger partial charge >= 0.3 is 5.97 Å². The molecule has 2 unspecified atom stereocenters. The highest BCUT2D eigenvalue weighted by atomic mass is 16.5. The van der Waals surface area contributed by atoms with Gasteiger partial charge in [0.25, 0.3) is 5.91 Å². The van der Waals surface area contributed by atoms with Crippen molar-refractivity contribution in [3.05, 3.63) is 65.2 Å². The van der Waals surface area contributed by atoms with Crippen LogP contribution in [0.25, 0.3) is 0 Å². The minimum atomic E-state index is -1.24. The molecule has 162 valence electrons. The Morgan fingerprint density at radius 2 is 1.77 bits per heavy atom. The summed E-state index contributed by atoms with van der Waals surface area (Å²) in [5.41, 5.74) is 2.44. The minimum absolute atomic E-state index is 0.140. The van der Waals surface area contributed by atoms with Crippen LogP contribution in [0.15, 0.2) is 48.5 Å². The maximum Gasteiger partial charge on any atom is 0.331 e. The van der Waals surface area contributed by atoms with Crippen LogP contribution in [0, 0.1) is 6.92 Å². The number of hydrogen-bond donors (Lipinski definition) is 2. The van der Waals surface area contributed by atoms with Crippen molar-refractivity contribution in [2.45, 2.75) is 52.2 Å². The number of rotatable bonds is 8. The molecular formula is C24H31NO5. The lowest BCUT2D eigenvalue weighted by Gasteiger charge is -2.25. The van der Waals surface area contributed by atoms with E-state index in [0.717, 1.165) is 11.1 Å². The van der Waals surface area contributed by atoms with E-state index in [2.05, 4.69) is 26.1 Å². The fourth-order valence-corrected chi connectivity index (χ4v) is 3.06. The summed E-state index contributed by atoms with van der Waals surface area (Å²) >= 11 is 0. The molecule has 2 aromatic rings. The Balaban J connectivity index is 2.12. The summed E-state index contributed by atoms with van der Waals surface area (Å²) in [5.74, 6) is -0.615. The number of ether oxygens (including phenoxy) is 2. The zero-order chi connectivity index (χ0) is 22.3. The molecule has 0 saturated heterocycles. The molecule has 2 N–H and O–H groups in total. The van der Waals surface area contributed by atoms with Gasteiger partial charge in [0.15, 0.2) is 12.6 Å². The van der Waals surface area contributed by atoms with Crippen molar-refractivity contribution in [2.75, 3.05) is 13.2 Å². The van der Waals surface area contributed by atoms with Gasteiger partial charge < -0.3 is 19.9 Å². The summed E-state index contributed by atoms with van der Waals surface area (Å²) in [6.07, 6.45) is -1.24. The third-order valence-corrected chi connectivity index (χ3v) is 4.62. The Bertz CT molecular complexity index is 858. The fourth-order valence-electron chi connectivity index (χ4n) is 3.06. The lowest BCUT2D eigenvalue weighted by molar-refractivity contribution is -0.151. The van der Waals surface area contributed by atoms with Gasteiger partial charge in [0.1, 0.15) is 11.9 Å². The summed E-state index contributed by atoms with van der Waals surface area (Å²) in [7, 11) is 0. The molecule has 0 aliphatic rings. The Labute approximate surface area is 178 Å². The second-order valence-corrected chi connectivity index (χ2v) is 8.19. The third kappa shape index (κ3) is 6.32. The number of esters is 1. The van der Waals surface area contributed by atoms with E-state index in [9.17, 15) is 14.7 Å². The first-order valence-electron chi connectivity index (χ1n) is 10.1. The van der Waals surface area contributed by atoms with E-state index in [1.54, 1.807) is 37.3 Å². The summed E-state index contributed by atoms with van der Waals surface area (Å²) in [6.45, 7) is 9.73. The van der Waals surface area contributed by atoms with E-state index < -0.39 is 24.0 Å². The molecule has 0 aliphatic carbocycles. The first-order chi connectivity index (χ1) is 14.1. The van der Waals surface area contributed by atoms with Crippen molar-refractivity contribution in [2.24, 2.45) is 0 Å². The van der Waals surface area contributed by atoms with E-state index in [0.29, 0.717) is 11.3 Å². The molecule has 0 saturated carbocycles. The molecule has 0 heterocycles. The highest BCUT2D eigenvalue weighted by Crippen LogP contribution is 2.32.